The van der Waals surface area contributed by atoms with Crippen LogP contribution in [0.1, 0.15) is 5.69 Å². The average molecular weight is 178 g/mol. The Morgan fingerprint density at radius 2 is 2.38 bits per heavy atom. The maximum absolute atomic E-state index is 8.97. The second-order valence-electron chi connectivity index (χ2n) is 2.65. The van der Waals surface area contributed by atoms with E-state index < -0.39 is 0 Å². The van der Waals surface area contributed by atoms with Gasteiger partial charge in [0.1, 0.15) is 5.82 Å². The van der Waals surface area contributed by atoms with E-state index in [4.69, 9.17) is 5.11 Å². The number of hydrogen-bond acceptors (Lipinski definition) is 4. The summed E-state index contributed by atoms with van der Waals surface area (Å²) in [6, 6.07) is 3.68. The van der Waals surface area contributed by atoms with E-state index in [-0.39, 0.29) is 6.61 Å². The summed E-state index contributed by atoms with van der Waals surface area (Å²) in [7, 11) is 1.80. The minimum Gasteiger partial charge on any atom is -0.390 e. The van der Waals surface area contributed by atoms with E-state index in [0.717, 1.165) is 11.5 Å². The first-order valence-corrected chi connectivity index (χ1v) is 3.97. The zero-order valence-electron chi connectivity index (χ0n) is 7.23. The molecule has 0 fully saturated rings. The van der Waals surface area contributed by atoms with E-state index in [0.29, 0.717) is 5.69 Å². The number of imidazole rings is 1. The number of aliphatic hydroxyl groups excluding tert-OH is 1. The van der Waals surface area contributed by atoms with Crippen molar-refractivity contribution in [1.82, 2.24) is 14.6 Å². The van der Waals surface area contributed by atoms with Crippen molar-refractivity contribution in [1.29, 1.82) is 0 Å². The van der Waals surface area contributed by atoms with Crippen molar-refractivity contribution in [3.8, 4) is 0 Å². The molecule has 0 saturated carbocycles. The van der Waals surface area contributed by atoms with Crippen LogP contribution < -0.4 is 5.32 Å². The first-order valence-electron chi connectivity index (χ1n) is 3.97. The number of aliphatic hydroxyl groups is 1. The maximum Gasteiger partial charge on any atom is 0.154 e. The SMILES string of the molecule is CNc1ccc2ncc(CO)n2n1. The van der Waals surface area contributed by atoms with Gasteiger partial charge in [-0.1, -0.05) is 0 Å². The summed E-state index contributed by atoms with van der Waals surface area (Å²) in [6.45, 7) is -0.0542. The molecule has 2 rings (SSSR count). The van der Waals surface area contributed by atoms with Gasteiger partial charge in [0.15, 0.2) is 5.65 Å². The molecule has 5 nitrogen and oxygen atoms in total. The van der Waals surface area contributed by atoms with Gasteiger partial charge in [0.25, 0.3) is 0 Å². The number of hydrogen-bond donors (Lipinski definition) is 2. The smallest absolute Gasteiger partial charge is 0.154 e. The minimum absolute atomic E-state index is 0.0542. The fourth-order valence-electron chi connectivity index (χ4n) is 1.16. The van der Waals surface area contributed by atoms with Gasteiger partial charge >= 0.3 is 0 Å². The molecule has 13 heavy (non-hydrogen) atoms. The molecule has 2 heterocycles. The zero-order chi connectivity index (χ0) is 9.26. The number of nitrogens with one attached hydrogen (secondary N) is 1. The summed E-state index contributed by atoms with van der Waals surface area (Å²) >= 11 is 0. The number of fused-ring (bicyclic) bond motifs is 1. The number of anilines is 1. The molecule has 0 aliphatic rings. The summed E-state index contributed by atoms with van der Waals surface area (Å²) < 4.78 is 1.62. The van der Waals surface area contributed by atoms with E-state index in [1.807, 2.05) is 12.1 Å². The van der Waals surface area contributed by atoms with Gasteiger partial charge in [0.05, 0.1) is 18.5 Å². The Labute approximate surface area is 75.0 Å². The Balaban J connectivity index is 2.64. The summed E-state index contributed by atoms with van der Waals surface area (Å²) in [5.41, 5.74) is 1.43. The van der Waals surface area contributed by atoms with E-state index in [1.165, 1.54) is 0 Å². The Morgan fingerprint density at radius 1 is 1.54 bits per heavy atom. The Bertz CT molecular complexity index is 423. The molecule has 0 aromatic carbocycles. The van der Waals surface area contributed by atoms with Crippen molar-refractivity contribution >= 4 is 11.5 Å². The Kier molecular flexibility index (Phi) is 1.86. The van der Waals surface area contributed by atoms with E-state index >= 15 is 0 Å². The second kappa shape index (κ2) is 3.02. The van der Waals surface area contributed by atoms with Gasteiger partial charge in [-0.2, -0.15) is 0 Å². The molecule has 0 spiro atoms. The Morgan fingerprint density at radius 3 is 3.08 bits per heavy atom. The predicted octanol–water partition coefficient (Wildman–Crippen LogP) is 0.263. The minimum atomic E-state index is -0.0542. The van der Waals surface area contributed by atoms with Crippen molar-refractivity contribution < 1.29 is 5.11 Å². The molecule has 68 valence electrons. The molecule has 0 radical (unpaired) electrons. The normalized spacial score (nSPS) is 10.6. The average Bonchev–Trinajstić information content (AvgIpc) is 2.59. The molecule has 0 bridgehead atoms. The summed E-state index contributed by atoms with van der Waals surface area (Å²) in [4.78, 5) is 4.08. The van der Waals surface area contributed by atoms with Crippen LogP contribution in [0.25, 0.3) is 5.65 Å². The number of rotatable bonds is 2. The van der Waals surface area contributed by atoms with Crippen LogP contribution in [0.3, 0.4) is 0 Å². The molecular weight excluding hydrogens is 168 g/mol. The van der Waals surface area contributed by atoms with Crippen LogP contribution in [-0.4, -0.2) is 26.8 Å². The predicted molar refractivity (Wildman–Crippen MR) is 48.5 cm³/mol. The van der Waals surface area contributed by atoms with Gasteiger partial charge in [-0.3, -0.25) is 0 Å². The summed E-state index contributed by atoms with van der Waals surface area (Å²) in [5.74, 6) is 0.750. The molecule has 0 amide bonds. The van der Waals surface area contributed by atoms with Crippen LogP contribution in [0.5, 0.6) is 0 Å². The zero-order valence-corrected chi connectivity index (χ0v) is 7.23. The summed E-state index contributed by atoms with van der Waals surface area (Å²) in [5, 5.41) is 16.1. The lowest BCUT2D eigenvalue weighted by Gasteiger charge is -2.00. The summed E-state index contributed by atoms with van der Waals surface area (Å²) in [6.07, 6.45) is 1.61. The first kappa shape index (κ1) is 8.00. The van der Waals surface area contributed by atoms with Crippen LogP contribution in [0.4, 0.5) is 5.82 Å². The lowest BCUT2D eigenvalue weighted by molar-refractivity contribution is 0.274. The third-order valence-corrected chi connectivity index (χ3v) is 1.85. The van der Waals surface area contributed by atoms with E-state index in [1.54, 1.807) is 17.8 Å². The van der Waals surface area contributed by atoms with E-state index in [2.05, 4.69) is 15.4 Å². The third kappa shape index (κ3) is 1.23. The van der Waals surface area contributed by atoms with Gasteiger partial charge in [-0.25, -0.2) is 9.50 Å². The molecule has 0 saturated heterocycles. The lowest BCUT2D eigenvalue weighted by Crippen LogP contribution is -2.01. The van der Waals surface area contributed by atoms with Crippen LogP contribution in [0.15, 0.2) is 18.3 Å². The van der Waals surface area contributed by atoms with Crippen molar-refractivity contribution in [2.24, 2.45) is 0 Å². The van der Waals surface area contributed by atoms with Crippen LogP contribution in [0.2, 0.25) is 0 Å². The fourth-order valence-corrected chi connectivity index (χ4v) is 1.16. The van der Waals surface area contributed by atoms with E-state index in [9.17, 15) is 0 Å². The monoisotopic (exact) mass is 178 g/mol. The van der Waals surface area contributed by atoms with Gasteiger partial charge < -0.3 is 10.4 Å². The molecule has 0 atom stereocenters. The molecule has 0 aliphatic heterocycles. The van der Waals surface area contributed by atoms with Crippen LogP contribution in [0, 0.1) is 0 Å². The van der Waals surface area contributed by atoms with Crippen molar-refractivity contribution in [2.75, 3.05) is 12.4 Å². The molecule has 2 aromatic rings. The highest BCUT2D eigenvalue weighted by molar-refractivity contribution is 5.44. The van der Waals surface area contributed by atoms with Crippen molar-refractivity contribution in [2.45, 2.75) is 6.61 Å². The highest BCUT2D eigenvalue weighted by atomic mass is 16.3. The maximum atomic E-state index is 8.97. The molecule has 0 aliphatic carbocycles. The highest BCUT2D eigenvalue weighted by Gasteiger charge is 2.02. The van der Waals surface area contributed by atoms with Crippen molar-refractivity contribution in [3.05, 3.63) is 24.0 Å². The molecule has 5 heteroatoms. The topological polar surface area (TPSA) is 62.5 Å². The lowest BCUT2D eigenvalue weighted by atomic mass is 10.5. The number of aromatic nitrogens is 3. The van der Waals surface area contributed by atoms with Crippen LogP contribution in [-0.2, 0) is 6.61 Å². The molecule has 0 unspecified atom stereocenters. The van der Waals surface area contributed by atoms with Gasteiger partial charge in [0.2, 0.25) is 0 Å². The quantitative estimate of drug-likeness (QED) is 0.692. The largest absolute Gasteiger partial charge is 0.390 e. The second-order valence-corrected chi connectivity index (χ2v) is 2.65. The molecular formula is C8H10N4O. The third-order valence-electron chi connectivity index (χ3n) is 1.85. The molecule has 2 aromatic heterocycles. The standard InChI is InChI=1S/C8H10N4O/c1-9-7-2-3-8-10-4-6(5-13)12(8)11-7/h2-4,13H,5H2,1H3,(H,9,11). The highest BCUT2D eigenvalue weighted by Crippen LogP contribution is 2.07. The van der Waals surface area contributed by atoms with Crippen molar-refractivity contribution in [3.63, 3.8) is 0 Å². The van der Waals surface area contributed by atoms with Crippen LogP contribution >= 0.6 is 0 Å². The Hall–Kier alpha value is -1.62. The van der Waals surface area contributed by atoms with Gasteiger partial charge in [-0.05, 0) is 12.1 Å². The van der Waals surface area contributed by atoms with Gasteiger partial charge in [0, 0.05) is 7.05 Å². The van der Waals surface area contributed by atoms with Gasteiger partial charge in [-0.15, -0.1) is 5.10 Å². The first-order chi connectivity index (χ1) is 6.35. The number of nitrogens with zero attached hydrogens (tertiary/aromatic N) is 3. The fraction of sp³-hybridized carbons (Fsp3) is 0.250. The molecule has 2 N–H and O–H groups in total.